The van der Waals surface area contributed by atoms with Crippen LogP contribution in [0.25, 0.3) is 0 Å². The molecule has 1 fully saturated rings. The molecule has 0 radical (unpaired) electrons. The van der Waals surface area contributed by atoms with E-state index in [9.17, 15) is 0 Å². The molecule has 0 bridgehead atoms. The van der Waals surface area contributed by atoms with Gasteiger partial charge < -0.3 is 23.8 Å². The minimum atomic E-state index is -0.498. The van der Waals surface area contributed by atoms with Crippen molar-refractivity contribution in [1.29, 1.82) is 0 Å². The van der Waals surface area contributed by atoms with E-state index in [1.807, 2.05) is 59.7 Å². The molecule has 4 atom stereocenters. The molecule has 1 aliphatic heterocycles. The zero-order chi connectivity index (χ0) is 34.1. The Bertz CT molecular complexity index is 1450. The van der Waals surface area contributed by atoms with E-state index >= 15 is 0 Å². The topological polar surface area (TPSA) is 52.6 Å². The maximum atomic E-state index is 6.74. The van der Waals surface area contributed by atoms with E-state index in [-0.39, 0.29) is 12.2 Å². The second kappa shape index (κ2) is 20.6. The van der Waals surface area contributed by atoms with Gasteiger partial charge >= 0.3 is 0 Å². The monoisotopic (exact) mass is 706 g/mol. The predicted molar refractivity (Wildman–Crippen MR) is 197 cm³/mol. The molecule has 0 amide bonds. The molecule has 0 unspecified atom stereocenters. The van der Waals surface area contributed by atoms with Crippen molar-refractivity contribution in [2.45, 2.75) is 57.2 Å². The van der Waals surface area contributed by atoms with Gasteiger partial charge in [0.25, 0.3) is 0 Å². The first-order valence-electron chi connectivity index (χ1n) is 17.0. The number of aryl methyl sites for hydroxylation is 1. The van der Waals surface area contributed by atoms with Crippen LogP contribution in [0.3, 0.4) is 0 Å². The number of nitrogens with zero attached hydrogens (tertiary/aromatic N) is 2. The van der Waals surface area contributed by atoms with Crippen molar-refractivity contribution in [1.82, 2.24) is 5.06 Å². The summed E-state index contributed by atoms with van der Waals surface area (Å²) in [4.78, 5) is 8.20. The number of anilines is 1. The maximum absolute atomic E-state index is 6.74. The van der Waals surface area contributed by atoms with Crippen LogP contribution in [0, 0.1) is 0 Å². The Hall–Kier alpha value is -2.98. The Morgan fingerprint density at radius 3 is 1.67 bits per heavy atom. The van der Waals surface area contributed by atoms with E-state index < -0.39 is 12.3 Å². The Kier molecular flexibility index (Phi) is 15.7. The minimum Gasteiger partial charge on any atom is -0.374 e. The van der Waals surface area contributed by atoms with Crippen molar-refractivity contribution in [3.05, 3.63) is 138 Å². The highest BCUT2D eigenvalue weighted by atomic mass is 35.5. The van der Waals surface area contributed by atoms with Crippen LogP contribution in [-0.4, -0.2) is 74.7 Å². The van der Waals surface area contributed by atoms with Gasteiger partial charge in [0.2, 0.25) is 0 Å². The van der Waals surface area contributed by atoms with Crippen LogP contribution in [0.4, 0.5) is 5.69 Å². The number of benzene rings is 4. The largest absolute Gasteiger partial charge is 0.374 e. The average molecular weight is 708 g/mol. The highest BCUT2D eigenvalue weighted by molar-refractivity contribution is 6.18. The summed E-state index contributed by atoms with van der Waals surface area (Å²) in [6, 6.07) is 39.1. The van der Waals surface area contributed by atoms with Gasteiger partial charge in [-0.25, -0.2) is 0 Å². The summed E-state index contributed by atoms with van der Waals surface area (Å²) in [7, 11) is 1.69. The quantitative estimate of drug-likeness (QED) is 0.0646. The summed E-state index contributed by atoms with van der Waals surface area (Å²) < 4.78 is 26.3. The van der Waals surface area contributed by atoms with E-state index in [4.69, 9.17) is 47.0 Å². The third kappa shape index (κ3) is 11.5. The van der Waals surface area contributed by atoms with Gasteiger partial charge in [-0.15, -0.1) is 23.2 Å². The first kappa shape index (κ1) is 37.3. The Labute approximate surface area is 301 Å². The summed E-state index contributed by atoms with van der Waals surface area (Å²) in [6.45, 7) is 3.85. The zero-order valence-electron chi connectivity index (χ0n) is 28.2. The van der Waals surface area contributed by atoms with Crippen LogP contribution >= 0.6 is 23.2 Å². The lowest BCUT2D eigenvalue weighted by atomic mass is 10.1. The van der Waals surface area contributed by atoms with Crippen LogP contribution in [-0.2, 0) is 50.0 Å². The third-order valence-electron chi connectivity index (χ3n) is 8.62. The maximum Gasteiger partial charge on any atom is 0.162 e. The molecule has 1 saturated heterocycles. The standard InChI is InChI=1S/C40H48Cl2N2O5/c1-45-44(25-11-18-32-19-21-36(22-20-32)43(26-23-41)27-24-42)40-39(48-30-35-16-9-4-10-17-35)38(47-29-34-14-7-3-8-15-34)37(49-40)31-46-28-33-12-5-2-6-13-33/h2-10,12-17,19-22,37-40H,11,18,23-31H2,1H3/t37-,38-,39+,40+/m1/s1. The summed E-state index contributed by atoms with van der Waals surface area (Å²) in [5.74, 6) is 1.12. The molecule has 49 heavy (non-hydrogen) atoms. The van der Waals surface area contributed by atoms with Crippen molar-refractivity contribution in [3.63, 3.8) is 0 Å². The Morgan fingerprint density at radius 1 is 0.612 bits per heavy atom. The number of halogens is 2. The molecule has 0 aliphatic carbocycles. The zero-order valence-corrected chi connectivity index (χ0v) is 29.8. The highest BCUT2D eigenvalue weighted by Gasteiger charge is 2.49. The van der Waals surface area contributed by atoms with Crippen LogP contribution < -0.4 is 4.90 Å². The van der Waals surface area contributed by atoms with Crippen LogP contribution in [0.1, 0.15) is 28.7 Å². The fourth-order valence-corrected chi connectivity index (χ4v) is 6.47. The summed E-state index contributed by atoms with van der Waals surface area (Å²) in [5.41, 5.74) is 5.64. The van der Waals surface area contributed by atoms with E-state index in [0.717, 1.165) is 48.3 Å². The van der Waals surface area contributed by atoms with Crippen molar-refractivity contribution in [2.75, 3.05) is 50.0 Å². The van der Waals surface area contributed by atoms with E-state index in [2.05, 4.69) is 65.6 Å². The van der Waals surface area contributed by atoms with Gasteiger partial charge in [0, 0.05) is 37.1 Å². The fourth-order valence-electron chi connectivity index (χ4n) is 6.06. The third-order valence-corrected chi connectivity index (χ3v) is 8.96. The Balaban J connectivity index is 1.29. The SMILES string of the molecule is CON(CCCc1ccc(N(CCCl)CCCl)cc1)[C@H]1O[C@H](COCc2ccccc2)[C@@H](OCc2ccccc2)[C@@H]1OCc1ccccc1. The van der Waals surface area contributed by atoms with Gasteiger partial charge in [-0.3, -0.25) is 4.84 Å². The van der Waals surface area contributed by atoms with Gasteiger partial charge in [-0.1, -0.05) is 103 Å². The lowest BCUT2D eigenvalue weighted by Crippen LogP contribution is -2.46. The van der Waals surface area contributed by atoms with Gasteiger partial charge in [0.05, 0.1) is 33.5 Å². The molecule has 262 valence electrons. The fraction of sp³-hybridized carbons (Fsp3) is 0.400. The van der Waals surface area contributed by atoms with Gasteiger partial charge in [-0.05, 0) is 47.2 Å². The molecular weight excluding hydrogens is 659 g/mol. The molecule has 0 aromatic heterocycles. The molecule has 4 aromatic carbocycles. The Morgan fingerprint density at radius 2 is 1.14 bits per heavy atom. The lowest BCUT2D eigenvalue weighted by molar-refractivity contribution is -0.256. The second-order valence-electron chi connectivity index (χ2n) is 12.0. The molecule has 5 rings (SSSR count). The molecule has 1 aliphatic rings. The molecule has 7 nitrogen and oxygen atoms in total. The first-order chi connectivity index (χ1) is 24.2. The van der Waals surface area contributed by atoms with Crippen LogP contribution in [0.15, 0.2) is 115 Å². The number of hydrogen-bond donors (Lipinski definition) is 0. The van der Waals surface area contributed by atoms with Crippen molar-refractivity contribution >= 4 is 28.9 Å². The predicted octanol–water partition coefficient (Wildman–Crippen LogP) is 7.88. The molecule has 9 heteroatoms. The van der Waals surface area contributed by atoms with E-state index in [1.165, 1.54) is 5.56 Å². The van der Waals surface area contributed by atoms with E-state index in [0.29, 0.717) is 44.7 Å². The lowest BCUT2D eigenvalue weighted by Gasteiger charge is -2.31. The van der Waals surface area contributed by atoms with Gasteiger partial charge in [-0.2, -0.15) is 5.06 Å². The number of rotatable bonds is 21. The van der Waals surface area contributed by atoms with E-state index in [1.54, 1.807) is 7.11 Å². The molecule has 0 spiro atoms. The second-order valence-corrected chi connectivity index (χ2v) is 12.8. The summed E-state index contributed by atoms with van der Waals surface area (Å²) in [5, 5.41) is 1.89. The summed E-state index contributed by atoms with van der Waals surface area (Å²) >= 11 is 12.0. The molecular formula is C40H48Cl2N2O5. The van der Waals surface area contributed by atoms with Crippen LogP contribution in [0.5, 0.6) is 0 Å². The summed E-state index contributed by atoms with van der Waals surface area (Å²) in [6.07, 6.45) is 0.0533. The van der Waals surface area contributed by atoms with Gasteiger partial charge in [0.1, 0.15) is 18.3 Å². The number of alkyl halides is 2. The minimum absolute atomic E-state index is 0.352. The number of hydroxylamine groups is 2. The number of hydrogen-bond acceptors (Lipinski definition) is 7. The van der Waals surface area contributed by atoms with Crippen LogP contribution in [0.2, 0.25) is 0 Å². The smallest absolute Gasteiger partial charge is 0.162 e. The molecule has 0 N–H and O–H groups in total. The van der Waals surface area contributed by atoms with Gasteiger partial charge in [0.15, 0.2) is 6.23 Å². The average Bonchev–Trinajstić information content (AvgIpc) is 3.49. The molecule has 0 saturated carbocycles. The first-order valence-corrected chi connectivity index (χ1v) is 18.1. The highest BCUT2D eigenvalue weighted by Crippen LogP contribution is 2.32. The van der Waals surface area contributed by atoms with Crippen molar-refractivity contribution in [3.8, 4) is 0 Å². The van der Waals surface area contributed by atoms with Crippen molar-refractivity contribution < 1.29 is 23.8 Å². The normalized spacial score (nSPS) is 19.0. The van der Waals surface area contributed by atoms with Crippen molar-refractivity contribution in [2.24, 2.45) is 0 Å². The molecule has 4 aromatic rings. The molecule has 1 heterocycles. The number of ether oxygens (including phenoxy) is 4.